The van der Waals surface area contributed by atoms with Crippen LogP contribution >= 0.6 is 22.9 Å². The molecule has 0 aliphatic carbocycles. The maximum atomic E-state index is 7.13. The molecule has 65 heavy (non-hydrogen) atoms. The summed E-state index contributed by atoms with van der Waals surface area (Å²) in [5, 5.41) is 2.53. The Kier molecular flexibility index (Phi) is 10.4. The van der Waals surface area contributed by atoms with E-state index in [9.17, 15) is 0 Å². The highest BCUT2D eigenvalue weighted by Crippen LogP contribution is 2.44. The Bertz CT molecular complexity index is 3310. The first-order valence-corrected chi connectivity index (χ1v) is 22.8. The molecule has 7 aromatic carbocycles. The number of thiophene rings is 1. The van der Waals surface area contributed by atoms with Gasteiger partial charge >= 0.3 is 7.12 Å². The number of nitrogens with zero attached hydrogens (tertiary/aromatic N) is 5. The lowest BCUT2D eigenvalue weighted by molar-refractivity contribution is -0.00876. The summed E-state index contributed by atoms with van der Waals surface area (Å²) in [4.78, 5) is 23.9. The van der Waals surface area contributed by atoms with Crippen molar-refractivity contribution in [3.05, 3.63) is 193 Å². The Balaban J connectivity index is 0.918. The van der Waals surface area contributed by atoms with Gasteiger partial charge in [0, 0.05) is 49.0 Å². The molecule has 0 spiro atoms. The van der Waals surface area contributed by atoms with Crippen molar-refractivity contribution in [1.29, 1.82) is 0 Å². The third-order valence-electron chi connectivity index (χ3n) is 12.5. The number of fused-ring (bicyclic) bond motifs is 3. The molecule has 0 bridgehead atoms. The minimum absolute atomic E-state index is 0.209. The summed E-state index contributed by atoms with van der Waals surface area (Å²) in [5.41, 5.74) is 9.31. The van der Waals surface area contributed by atoms with Crippen LogP contribution in [0, 0.1) is 0 Å². The summed E-state index contributed by atoms with van der Waals surface area (Å²) in [6.07, 6.45) is 0.619. The van der Waals surface area contributed by atoms with E-state index in [1.165, 1.54) is 14.8 Å². The highest BCUT2D eigenvalue weighted by molar-refractivity contribution is 7.26. The smallest absolute Gasteiger partial charge is 0.399 e. The fourth-order valence-corrected chi connectivity index (χ4v) is 10.2. The van der Waals surface area contributed by atoms with Crippen LogP contribution in [0.4, 0.5) is 0 Å². The van der Waals surface area contributed by atoms with E-state index in [0.29, 0.717) is 23.9 Å². The van der Waals surface area contributed by atoms with E-state index in [0.717, 1.165) is 66.7 Å². The largest absolute Gasteiger partial charge is 0.495 e. The van der Waals surface area contributed by atoms with Crippen LogP contribution < -0.4 is 5.46 Å². The normalized spacial score (nSPS) is 15.8. The molecular weight excluding hydrogens is 841 g/mol. The van der Waals surface area contributed by atoms with Crippen molar-refractivity contribution in [3.8, 4) is 67.8 Å². The third-order valence-corrected chi connectivity index (χ3v) is 13.9. The summed E-state index contributed by atoms with van der Waals surface area (Å²) in [6, 6.07) is 62.1. The maximum absolute atomic E-state index is 7.13. The molecule has 0 N–H and O–H groups in total. The molecular formula is C55H41BClN5O2S. The van der Waals surface area contributed by atoms with E-state index in [4.69, 9.17) is 35.9 Å². The van der Waals surface area contributed by atoms with Crippen molar-refractivity contribution in [2.75, 3.05) is 0 Å². The molecule has 1 unspecified atom stereocenters. The first kappa shape index (κ1) is 40.9. The molecule has 11 rings (SSSR count). The summed E-state index contributed by atoms with van der Waals surface area (Å²) in [6.45, 7) is 6.42. The molecule has 0 amide bonds. The van der Waals surface area contributed by atoms with Gasteiger partial charge in [0.2, 0.25) is 5.28 Å². The number of rotatable bonds is 9. The fourth-order valence-electron chi connectivity index (χ4n) is 8.74. The van der Waals surface area contributed by atoms with E-state index in [-0.39, 0.29) is 5.28 Å². The van der Waals surface area contributed by atoms with E-state index >= 15 is 0 Å². The Morgan fingerprint density at radius 1 is 0.508 bits per heavy atom. The predicted molar refractivity (Wildman–Crippen MR) is 266 cm³/mol. The fraction of sp³-hybridized carbons (Fsp3) is 0.109. The maximum Gasteiger partial charge on any atom is 0.495 e. The molecule has 0 radical (unpaired) electrons. The number of hydrogen-bond donors (Lipinski definition) is 0. The number of halogens is 1. The van der Waals surface area contributed by atoms with Crippen LogP contribution in [0.2, 0.25) is 5.28 Å². The van der Waals surface area contributed by atoms with Crippen LogP contribution in [0.3, 0.4) is 0 Å². The van der Waals surface area contributed by atoms with Gasteiger partial charge in [0.25, 0.3) is 0 Å². The summed E-state index contributed by atoms with van der Waals surface area (Å²) < 4.78 is 16.5. The number of aromatic nitrogens is 5. The van der Waals surface area contributed by atoms with Gasteiger partial charge in [-0.2, -0.15) is 0 Å². The standard InChI is InChI=1S/C55H41BClN5O2S/c1-54(2)55(3,34-35-16-15-23-41(32-35)46-33-45(58-53(57)59-46)37-17-7-4-8-18-37)64-56(63-54)44-31-30-42(49-48(44)43-24-13-14-25-47(43)65-49)36-26-28-40(29-27-36)52-61-50(38-19-9-5-10-20-38)60-51(62-52)39-21-11-6-12-22-39/h4-33H,34H2,1-3H3. The van der Waals surface area contributed by atoms with Crippen LogP contribution in [-0.4, -0.2) is 43.2 Å². The summed E-state index contributed by atoms with van der Waals surface area (Å²) in [7, 11) is -0.592. The van der Waals surface area contributed by atoms with Crippen molar-refractivity contribution < 1.29 is 9.31 Å². The predicted octanol–water partition coefficient (Wildman–Crippen LogP) is 13.2. The third kappa shape index (κ3) is 7.81. The van der Waals surface area contributed by atoms with E-state index in [1.807, 2.05) is 97.1 Å². The van der Waals surface area contributed by atoms with Gasteiger partial charge in [-0.05, 0) is 78.1 Å². The van der Waals surface area contributed by atoms with Gasteiger partial charge in [-0.15, -0.1) is 11.3 Å². The number of benzene rings is 7. The SMILES string of the molecule is CC1(C)OB(c2ccc(-c3ccc(-c4nc(-c5ccccc5)nc(-c5ccccc5)n4)cc3)c3sc4ccccc4c23)OC1(C)Cc1cccc(-c2cc(-c3ccccc3)nc(Cl)n2)c1. The molecule has 1 atom stereocenters. The average molecular weight is 882 g/mol. The van der Waals surface area contributed by atoms with E-state index < -0.39 is 18.3 Å². The van der Waals surface area contributed by atoms with E-state index in [1.54, 1.807) is 11.3 Å². The zero-order valence-electron chi connectivity index (χ0n) is 35.9. The van der Waals surface area contributed by atoms with Crippen LogP contribution in [0.1, 0.15) is 26.3 Å². The lowest BCUT2D eigenvalue weighted by atomic mass is 9.75. The second kappa shape index (κ2) is 16.6. The van der Waals surface area contributed by atoms with Gasteiger partial charge in [-0.1, -0.05) is 164 Å². The molecule has 1 fully saturated rings. The van der Waals surface area contributed by atoms with Gasteiger partial charge in [0.1, 0.15) is 0 Å². The molecule has 314 valence electrons. The highest BCUT2D eigenvalue weighted by atomic mass is 35.5. The summed E-state index contributed by atoms with van der Waals surface area (Å²) >= 11 is 8.28. The zero-order chi connectivity index (χ0) is 44.1. The Hall–Kier alpha value is -6.88. The van der Waals surface area contributed by atoms with Crippen LogP contribution in [0.5, 0.6) is 0 Å². The molecule has 4 heterocycles. The molecule has 10 heteroatoms. The van der Waals surface area contributed by atoms with Gasteiger partial charge in [0.15, 0.2) is 17.5 Å². The van der Waals surface area contributed by atoms with Gasteiger partial charge in [0.05, 0.1) is 22.6 Å². The minimum atomic E-state index is -0.669. The molecule has 1 saturated heterocycles. The van der Waals surface area contributed by atoms with Crippen molar-refractivity contribution in [3.63, 3.8) is 0 Å². The first-order chi connectivity index (χ1) is 31.7. The first-order valence-electron chi connectivity index (χ1n) is 21.6. The second-order valence-electron chi connectivity index (χ2n) is 17.1. The van der Waals surface area contributed by atoms with Crippen molar-refractivity contribution in [2.45, 2.75) is 38.4 Å². The lowest BCUT2D eigenvalue weighted by Crippen LogP contribution is -2.46. The molecule has 0 saturated carbocycles. The minimum Gasteiger partial charge on any atom is -0.399 e. The zero-order valence-corrected chi connectivity index (χ0v) is 37.5. The molecule has 1 aliphatic heterocycles. The Labute approximate surface area is 387 Å². The number of hydrogen-bond acceptors (Lipinski definition) is 8. The molecule has 3 aromatic heterocycles. The Morgan fingerprint density at radius 2 is 1.05 bits per heavy atom. The van der Waals surface area contributed by atoms with E-state index in [2.05, 4.69) is 116 Å². The van der Waals surface area contributed by atoms with Gasteiger partial charge in [-0.3, -0.25) is 0 Å². The van der Waals surface area contributed by atoms with Crippen molar-refractivity contribution in [2.24, 2.45) is 0 Å². The average Bonchev–Trinajstić information content (AvgIpc) is 3.85. The van der Waals surface area contributed by atoms with Crippen molar-refractivity contribution >= 4 is 55.7 Å². The topological polar surface area (TPSA) is 82.9 Å². The van der Waals surface area contributed by atoms with Gasteiger partial charge in [-0.25, -0.2) is 24.9 Å². The second-order valence-corrected chi connectivity index (χ2v) is 18.5. The van der Waals surface area contributed by atoms with Crippen LogP contribution in [-0.2, 0) is 15.7 Å². The molecule has 1 aliphatic rings. The summed E-state index contributed by atoms with van der Waals surface area (Å²) in [5.74, 6) is 1.89. The monoisotopic (exact) mass is 881 g/mol. The molecule has 10 aromatic rings. The lowest BCUT2D eigenvalue weighted by Gasteiger charge is -2.36. The van der Waals surface area contributed by atoms with Crippen LogP contribution in [0.25, 0.3) is 88.0 Å². The molecule has 7 nitrogen and oxygen atoms in total. The van der Waals surface area contributed by atoms with Gasteiger partial charge < -0.3 is 9.31 Å². The highest BCUT2D eigenvalue weighted by Gasteiger charge is 2.55. The quantitative estimate of drug-likeness (QED) is 0.105. The van der Waals surface area contributed by atoms with Crippen LogP contribution in [0.15, 0.2) is 182 Å². The Morgan fingerprint density at radius 3 is 1.69 bits per heavy atom. The van der Waals surface area contributed by atoms with Crippen molar-refractivity contribution in [1.82, 2.24) is 24.9 Å².